The minimum absolute atomic E-state index is 0.0329. The maximum absolute atomic E-state index is 14.4. The molecule has 4 aromatic carbocycles. The van der Waals surface area contributed by atoms with Crippen LogP contribution in [0.25, 0.3) is 11.0 Å². The molecule has 0 radical (unpaired) electrons. The molecule has 0 spiro atoms. The van der Waals surface area contributed by atoms with Gasteiger partial charge in [-0.15, -0.1) is 3.71 Å². The van der Waals surface area contributed by atoms with E-state index in [1.54, 1.807) is 0 Å². The molecule has 0 aliphatic carbocycles. The van der Waals surface area contributed by atoms with E-state index in [4.69, 9.17) is 12.2 Å². The van der Waals surface area contributed by atoms with E-state index in [1.165, 1.54) is 0 Å². The molecular formula is C25H14F2N6O11S4. The number of aromatic nitrogens is 2. The Morgan fingerprint density at radius 1 is 0.667 bits per heavy atom. The second kappa shape index (κ2) is 12.3. The van der Waals surface area contributed by atoms with Gasteiger partial charge in [-0.3, -0.25) is 20.2 Å². The summed E-state index contributed by atoms with van der Waals surface area (Å²) in [5.74, 6) is -2.03. The molecule has 17 nitrogen and oxygen atoms in total. The maximum atomic E-state index is 14.4. The molecule has 248 valence electrons. The molecule has 23 heteroatoms. The number of fused-ring (bicyclic) bond motifs is 1. The first-order valence-corrected chi connectivity index (χ1v) is 17.3. The molecule has 0 aliphatic heterocycles. The van der Waals surface area contributed by atoms with Crippen molar-refractivity contribution in [3.8, 4) is 0 Å². The van der Waals surface area contributed by atoms with Gasteiger partial charge in [0.15, 0.2) is 16.9 Å². The minimum Gasteiger partial charge on any atom is -0.258 e. The molecule has 0 bridgehead atoms. The van der Waals surface area contributed by atoms with E-state index in [0.717, 1.165) is 48.5 Å². The first kappa shape index (κ1) is 33.8. The fraction of sp³-hybridized carbons (Fsp3) is 0. The Bertz CT molecular complexity index is 2440. The summed E-state index contributed by atoms with van der Waals surface area (Å²) in [6.45, 7) is 0. The fourth-order valence-corrected chi connectivity index (χ4v) is 10.2. The van der Waals surface area contributed by atoms with E-state index in [0.29, 0.717) is 36.4 Å². The second-order valence-electron chi connectivity index (χ2n) is 9.24. The summed E-state index contributed by atoms with van der Waals surface area (Å²) < 4.78 is 118. The zero-order valence-corrected chi connectivity index (χ0v) is 26.4. The van der Waals surface area contributed by atoms with Crippen LogP contribution in [0.3, 0.4) is 0 Å². The predicted octanol–water partition coefficient (Wildman–Crippen LogP) is 3.88. The van der Waals surface area contributed by atoms with Crippen molar-refractivity contribution in [2.75, 3.05) is 4.31 Å². The molecular weight excluding hydrogens is 727 g/mol. The van der Waals surface area contributed by atoms with Crippen molar-refractivity contribution in [1.29, 1.82) is 0 Å². The van der Waals surface area contributed by atoms with E-state index in [-0.39, 0.29) is 4.31 Å². The van der Waals surface area contributed by atoms with Crippen molar-refractivity contribution < 1.29 is 48.5 Å². The van der Waals surface area contributed by atoms with E-state index < -0.39 is 103 Å². The summed E-state index contributed by atoms with van der Waals surface area (Å²) in [6.07, 6.45) is 0. The first-order chi connectivity index (χ1) is 22.5. The van der Waals surface area contributed by atoms with E-state index in [9.17, 15) is 54.3 Å². The van der Waals surface area contributed by atoms with Crippen molar-refractivity contribution >= 4 is 75.5 Å². The number of nitro benzene ring substituents is 2. The highest BCUT2D eigenvalue weighted by Crippen LogP contribution is 2.34. The van der Waals surface area contributed by atoms with Crippen molar-refractivity contribution in [2.45, 2.75) is 14.7 Å². The molecule has 48 heavy (non-hydrogen) atoms. The summed E-state index contributed by atoms with van der Waals surface area (Å²) in [5, 5.41) is 27.4. The molecule has 0 unspecified atom stereocenters. The minimum atomic E-state index is -5.70. The lowest BCUT2D eigenvalue weighted by Crippen LogP contribution is -2.51. The number of nitrogens with zero attached hydrogens (tertiary/aromatic N) is 6. The monoisotopic (exact) mass is 740 g/mol. The van der Waals surface area contributed by atoms with Crippen LogP contribution in [0.4, 0.5) is 25.8 Å². The Morgan fingerprint density at radius 3 is 1.65 bits per heavy atom. The molecule has 1 aromatic heterocycles. The number of hydrogen-bond acceptors (Lipinski definition) is 14. The van der Waals surface area contributed by atoms with Gasteiger partial charge in [0.05, 0.1) is 25.3 Å². The van der Waals surface area contributed by atoms with Gasteiger partial charge in [0.1, 0.15) is 10.7 Å². The summed E-state index contributed by atoms with van der Waals surface area (Å²) in [5.41, 5.74) is -3.34. The zero-order chi connectivity index (χ0) is 35.2. The normalized spacial score (nSPS) is 12.0. The van der Waals surface area contributed by atoms with Gasteiger partial charge in [-0.05, 0) is 83.2 Å². The van der Waals surface area contributed by atoms with Gasteiger partial charge in [0, 0.05) is 24.3 Å². The predicted molar refractivity (Wildman–Crippen MR) is 163 cm³/mol. The molecule has 0 amide bonds. The molecule has 0 saturated heterocycles. The number of rotatable bonds is 9. The maximum Gasteiger partial charge on any atom is 0.282 e. The van der Waals surface area contributed by atoms with Crippen LogP contribution in [-0.4, -0.2) is 54.2 Å². The number of thiocarbonyl (C=S) groups is 1. The lowest BCUT2D eigenvalue weighted by Gasteiger charge is -2.31. The van der Waals surface area contributed by atoms with Gasteiger partial charge in [-0.1, -0.05) is 0 Å². The molecule has 0 atom stereocenters. The zero-order valence-electron chi connectivity index (χ0n) is 23.1. The number of hydrogen-bond donors (Lipinski definition) is 0. The van der Waals surface area contributed by atoms with Crippen molar-refractivity contribution in [1.82, 2.24) is 14.0 Å². The highest BCUT2D eigenvalue weighted by atomic mass is 32.3. The number of halogens is 2. The summed E-state index contributed by atoms with van der Waals surface area (Å²) in [4.78, 5) is 17.8. The van der Waals surface area contributed by atoms with E-state index in [1.807, 2.05) is 0 Å². The van der Waals surface area contributed by atoms with Crippen LogP contribution in [0, 0.1) is 31.9 Å². The van der Waals surface area contributed by atoms with E-state index in [2.05, 4.69) is 14.9 Å². The average Bonchev–Trinajstić information content (AvgIpc) is 3.53. The van der Waals surface area contributed by atoms with Crippen LogP contribution < -0.4 is 4.31 Å². The smallest absolute Gasteiger partial charge is 0.258 e. The molecule has 5 rings (SSSR count). The lowest BCUT2D eigenvalue weighted by atomic mass is 10.3. The Kier molecular flexibility index (Phi) is 8.64. The molecule has 0 N–H and O–H groups in total. The molecule has 0 fully saturated rings. The summed E-state index contributed by atoms with van der Waals surface area (Å²) in [6, 6.07) is 10.0. The van der Waals surface area contributed by atoms with Gasteiger partial charge < -0.3 is 0 Å². The van der Waals surface area contributed by atoms with Crippen molar-refractivity contribution in [2.24, 2.45) is 0 Å². The Hall–Kier alpha value is -5.52. The number of sulfonamides is 3. The Labute approximate surface area is 273 Å². The largest absolute Gasteiger partial charge is 0.282 e. The van der Waals surface area contributed by atoms with Crippen molar-refractivity contribution in [3.63, 3.8) is 0 Å². The average molecular weight is 741 g/mol. The summed E-state index contributed by atoms with van der Waals surface area (Å²) >= 11 is 5.29. The van der Waals surface area contributed by atoms with Crippen LogP contribution in [-0.2, 0) is 30.1 Å². The molecule has 0 saturated carbocycles. The van der Waals surface area contributed by atoms with Crippen LogP contribution in [0.15, 0.2) is 104 Å². The van der Waals surface area contributed by atoms with Crippen LogP contribution in [0.5, 0.6) is 0 Å². The highest BCUT2D eigenvalue weighted by molar-refractivity contribution is 8.06. The van der Waals surface area contributed by atoms with Crippen molar-refractivity contribution in [3.05, 3.63) is 117 Å². The third kappa shape index (κ3) is 5.89. The number of non-ortho nitro benzene ring substituents is 2. The topological polar surface area (TPSA) is 234 Å². The SMILES string of the molecule is O=[N+]([O-])c1ccc(S(=O)(=O)N(C(=S)N(S(=O)(=O)c2ccc([N+](=O)[O-])cc2)S(=O)(=O)c2ccc(F)c3nonc23)c2ccc(F)cc2)cc1. The fourth-order valence-electron chi connectivity index (χ4n) is 4.13. The third-order valence-corrected chi connectivity index (χ3v) is 13.0. The number of nitro groups is 2. The van der Waals surface area contributed by atoms with Crippen LogP contribution >= 0.6 is 12.2 Å². The van der Waals surface area contributed by atoms with Gasteiger partial charge in [-0.25, -0.2) is 26.1 Å². The first-order valence-electron chi connectivity index (χ1n) is 12.5. The standard InChI is InChI=1S/C25H14F2N6O11S4/c26-15-1-3-16(4-2-15)30(46(38,39)19-9-5-17(6-10-19)31(34)35)25(45)33(47(40,41)20-11-7-18(8-12-20)32(36)37)48(42,43)22-14-13-21(27)23-24(22)29-44-28-23/h1-14H. The van der Waals surface area contributed by atoms with Crippen LogP contribution in [0.1, 0.15) is 0 Å². The molecule has 5 aromatic rings. The molecule has 1 heterocycles. The van der Waals surface area contributed by atoms with Gasteiger partial charge >= 0.3 is 0 Å². The van der Waals surface area contributed by atoms with Gasteiger partial charge in [0.25, 0.3) is 41.4 Å². The Balaban J connectivity index is 1.80. The summed E-state index contributed by atoms with van der Waals surface area (Å²) in [7, 11) is -16.5. The third-order valence-electron chi connectivity index (χ3n) is 6.37. The number of anilines is 1. The van der Waals surface area contributed by atoms with Gasteiger partial charge in [-0.2, -0.15) is 16.8 Å². The van der Waals surface area contributed by atoms with E-state index >= 15 is 0 Å². The lowest BCUT2D eigenvalue weighted by molar-refractivity contribution is -0.385. The van der Waals surface area contributed by atoms with Crippen LogP contribution in [0.2, 0.25) is 0 Å². The number of benzene rings is 4. The highest BCUT2D eigenvalue weighted by Gasteiger charge is 2.46. The quantitative estimate of drug-likeness (QED) is 0.119. The van der Waals surface area contributed by atoms with Gasteiger partial charge in [0.2, 0.25) is 5.11 Å². The molecule has 0 aliphatic rings. The second-order valence-corrected chi connectivity index (χ2v) is 15.2. The Morgan fingerprint density at radius 2 is 1.15 bits per heavy atom.